The summed E-state index contributed by atoms with van der Waals surface area (Å²) in [6.45, 7) is 5.50. The minimum absolute atomic E-state index is 0.0184. The lowest BCUT2D eigenvalue weighted by molar-refractivity contribution is 0.392. The van der Waals surface area contributed by atoms with Gasteiger partial charge >= 0.3 is 0 Å². The van der Waals surface area contributed by atoms with Gasteiger partial charge in [0.15, 0.2) is 11.6 Å². The molecular formula is C11H14FN5O. The van der Waals surface area contributed by atoms with Crippen LogP contribution in [0.3, 0.4) is 0 Å². The smallest absolute Gasteiger partial charge is 0.222 e. The Bertz CT molecular complexity index is 549. The lowest BCUT2D eigenvalue weighted by atomic mass is 10.1. The molecule has 0 saturated carbocycles. The number of nitrogens with two attached hydrogens (primary N) is 1. The Morgan fingerprint density at radius 3 is 2.78 bits per heavy atom. The molecule has 96 valence electrons. The summed E-state index contributed by atoms with van der Waals surface area (Å²) < 4.78 is 18.6. The van der Waals surface area contributed by atoms with Gasteiger partial charge in [-0.15, -0.1) is 0 Å². The first kappa shape index (κ1) is 12.3. The third kappa shape index (κ3) is 2.24. The summed E-state index contributed by atoms with van der Waals surface area (Å²) in [5.74, 6) is 0.220. The number of rotatable bonds is 3. The fraction of sp³-hybridized carbons (Fsp3) is 0.364. The number of halogens is 1. The van der Waals surface area contributed by atoms with Crippen LogP contribution in [0.2, 0.25) is 0 Å². The van der Waals surface area contributed by atoms with E-state index in [1.165, 1.54) is 0 Å². The van der Waals surface area contributed by atoms with Gasteiger partial charge in [-0.05, 0) is 20.8 Å². The van der Waals surface area contributed by atoms with E-state index in [1.54, 1.807) is 6.92 Å². The molecule has 2 aromatic rings. The van der Waals surface area contributed by atoms with Crippen molar-refractivity contribution < 1.29 is 8.91 Å². The van der Waals surface area contributed by atoms with Gasteiger partial charge in [0.25, 0.3) is 0 Å². The predicted octanol–water partition coefficient (Wildman–Crippen LogP) is 1.98. The normalized spacial score (nSPS) is 12.4. The lowest BCUT2D eigenvalue weighted by Gasteiger charge is -2.14. The van der Waals surface area contributed by atoms with Crippen molar-refractivity contribution in [3.8, 4) is 0 Å². The number of nitrogens with one attached hydrogen (secondary N) is 1. The Hall–Kier alpha value is -2.18. The van der Waals surface area contributed by atoms with Crippen molar-refractivity contribution in [1.29, 1.82) is 0 Å². The molecule has 2 heterocycles. The molecule has 0 aliphatic heterocycles. The largest absolute Gasteiger partial charge is 0.368 e. The van der Waals surface area contributed by atoms with Gasteiger partial charge in [0.1, 0.15) is 5.76 Å². The van der Waals surface area contributed by atoms with E-state index in [2.05, 4.69) is 20.4 Å². The summed E-state index contributed by atoms with van der Waals surface area (Å²) in [5.41, 5.74) is 7.06. The van der Waals surface area contributed by atoms with Gasteiger partial charge in [0.2, 0.25) is 5.95 Å². The molecule has 0 bridgehead atoms. The lowest BCUT2D eigenvalue weighted by Crippen LogP contribution is -2.12. The van der Waals surface area contributed by atoms with Gasteiger partial charge in [-0.25, -0.2) is 9.37 Å². The number of anilines is 2. The molecule has 0 aromatic carbocycles. The first-order valence-electron chi connectivity index (χ1n) is 5.46. The number of nitrogens with zero attached hydrogens (tertiary/aromatic N) is 3. The molecule has 2 rings (SSSR count). The second-order valence-corrected chi connectivity index (χ2v) is 4.03. The van der Waals surface area contributed by atoms with Gasteiger partial charge in [-0.2, -0.15) is 4.98 Å². The fourth-order valence-electron chi connectivity index (χ4n) is 1.87. The average Bonchev–Trinajstić information content (AvgIpc) is 2.63. The van der Waals surface area contributed by atoms with Crippen LogP contribution < -0.4 is 11.1 Å². The molecule has 1 atom stereocenters. The van der Waals surface area contributed by atoms with Crippen LogP contribution >= 0.6 is 0 Å². The molecule has 0 saturated heterocycles. The Balaban J connectivity index is 2.26. The maximum absolute atomic E-state index is 13.5. The predicted molar refractivity (Wildman–Crippen MR) is 64.4 cm³/mol. The number of nitrogen functional groups attached to an aromatic ring is 1. The van der Waals surface area contributed by atoms with E-state index in [0.29, 0.717) is 5.76 Å². The topological polar surface area (TPSA) is 89.9 Å². The zero-order chi connectivity index (χ0) is 13.3. The van der Waals surface area contributed by atoms with Crippen LogP contribution in [0.25, 0.3) is 0 Å². The fourth-order valence-corrected chi connectivity index (χ4v) is 1.87. The highest BCUT2D eigenvalue weighted by molar-refractivity contribution is 5.42. The summed E-state index contributed by atoms with van der Waals surface area (Å²) in [4.78, 5) is 7.38. The van der Waals surface area contributed by atoms with Crippen molar-refractivity contribution in [3.63, 3.8) is 0 Å². The number of aromatic nitrogens is 3. The van der Waals surface area contributed by atoms with Gasteiger partial charge in [0.05, 0.1) is 17.9 Å². The van der Waals surface area contributed by atoms with Crippen molar-refractivity contribution in [3.05, 3.63) is 29.0 Å². The number of hydrogen-bond donors (Lipinski definition) is 2. The first-order valence-corrected chi connectivity index (χ1v) is 5.46. The van der Waals surface area contributed by atoms with E-state index in [0.717, 1.165) is 17.5 Å². The van der Waals surface area contributed by atoms with Crippen LogP contribution in [0.5, 0.6) is 0 Å². The molecule has 3 N–H and O–H groups in total. The van der Waals surface area contributed by atoms with Crippen LogP contribution in [-0.4, -0.2) is 15.1 Å². The Kier molecular flexibility index (Phi) is 3.14. The second-order valence-electron chi connectivity index (χ2n) is 4.03. The van der Waals surface area contributed by atoms with Gasteiger partial charge in [-0.1, -0.05) is 5.16 Å². The van der Waals surface area contributed by atoms with Crippen molar-refractivity contribution in [2.45, 2.75) is 26.8 Å². The molecule has 7 heteroatoms. The molecule has 0 fully saturated rings. The van der Waals surface area contributed by atoms with Crippen LogP contribution in [0.15, 0.2) is 10.7 Å². The number of hydrogen-bond acceptors (Lipinski definition) is 6. The highest BCUT2D eigenvalue weighted by atomic mass is 19.1. The van der Waals surface area contributed by atoms with Crippen LogP contribution in [0, 0.1) is 19.7 Å². The van der Waals surface area contributed by atoms with Crippen LogP contribution in [0.1, 0.15) is 30.0 Å². The zero-order valence-corrected chi connectivity index (χ0v) is 10.4. The molecule has 2 aromatic heterocycles. The maximum Gasteiger partial charge on any atom is 0.222 e. The first-order chi connectivity index (χ1) is 8.49. The molecule has 1 unspecified atom stereocenters. The molecule has 0 spiro atoms. The van der Waals surface area contributed by atoms with E-state index in [9.17, 15) is 4.39 Å². The monoisotopic (exact) mass is 251 g/mol. The highest BCUT2D eigenvalue weighted by Crippen LogP contribution is 2.25. The highest BCUT2D eigenvalue weighted by Gasteiger charge is 2.18. The summed E-state index contributed by atoms with van der Waals surface area (Å²) in [7, 11) is 0. The Morgan fingerprint density at radius 2 is 2.17 bits per heavy atom. The third-order valence-electron chi connectivity index (χ3n) is 2.64. The Labute approximate surface area is 103 Å². The van der Waals surface area contributed by atoms with E-state index in [-0.39, 0.29) is 17.8 Å². The van der Waals surface area contributed by atoms with Crippen LogP contribution in [0.4, 0.5) is 16.2 Å². The van der Waals surface area contributed by atoms with E-state index < -0.39 is 5.82 Å². The average molecular weight is 251 g/mol. The minimum Gasteiger partial charge on any atom is -0.368 e. The van der Waals surface area contributed by atoms with E-state index in [4.69, 9.17) is 10.3 Å². The third-order valence-corrected chi connectivity index (χ3v) is 2.64. The van der Waals surface area contributed by atoms with Gasteiger partial charge in [-0.3, -0.25) is 0 Å². The maximum atomic E-state index is 13.5. The standard InChI is InChI=1S/C11H14FN5O/c1-5(9-6(2)17-18-7(9)3)15-10-8(12)4-14-11(13)16-10/h4-5H,1-3H3,(H3,13,14,15,16). The molecular weight excluding hydrogens is 237 g/mol. The second kappa shape index (κ2) is 4.59. The van der Waals surface area contributed by atoms with Crippen molar-refractivity contribution in [1.82, 2.24) is 15.1 Å². The minimum atomic E-state index is -0.553. The van der Waals surface area contributed by atoms with Crippen molar-refractivity contribution in [2.75, 3.05) is 11.1 Å². The SMILES string of the molecule is Cc1noc(C)c1C(C)Nc1nc(N)ncc1F. The van der Waals surface area contributed by atoms with Gasteiger partial charge in [0, 0.05) is 5.56 Å². The van der Waals surface area contributed by atoms with Gasteiger partial charge < -0.3 is 15.6 Å². The Morgan fingerprint density at radius 1 is 1.44 bits per heavy atom. The molecule has 6 nitrogen and oxygen atoms in total. The summed E-state index contributed by atoms with van der Waals surface area (Å²) >= 11 is 0. The number of aryl methyl sites for hydroxylation is 2. The molecule has 18 heavy (non-hydrogen) atoms. The molecule has 0 aliphatic rings. The van der Waals surface area contributed by atoms with Crippen molar-refractivity contribution in [2.24, 2.45) is 0 Å². The molecule has 0 amide bonds. The summed E-state index contributed by atoms with van der Waals surface area (Å²) in [6, 6.07) is -0.194. The quantitative estimate of drug-likeness (QED) is 0.866. The van der Waals surface area contributed by atoms with Crippen LogP contribution in [-0.2, 0) is 0 Å². The molecule has 0 aliphatic carbocycles. The van der Waals surface area contributed by atoms with E-state index in [1.807, 2.05) is 13.8 Å². The summed E-state index contributed by atoms with van der Waals surface area (Å²) in [5, 5.41) is 6.78. The summed E-state index contributed by atoms with van der Waals surface area (Å²) in [6.07, 6.45) is 1.03. The molecule has 0 radical (unpaired) electrons. The van der Waals surface area contributed by atoms with E-state index >= 15 is 0 Å². The zero-order valence-electron chi connectivity index (χ0n) is 10.4. The van der Waals surface area contributed by atoms with Crippen molar-refractivity contribution >= 4 is 11.8 Å².